The molecule has 0 N–H and O–H groups in total. The van der Waals surface area contributed by atoms with E-state index in [1.54, 1.807) is 4.57 Å². The summed E-state index contributed by atoms with van der Waals surface area (Å²) >= 11 is 3.65. The van der Waals surface area contributed by atoms with Gasteiger partial charge in [-0.3, -0.25) is 13.8 Å². The molecule has 2 aromatic heterocycles. The van der Waals surface area contributed by atoms with Crippen LogP contribution in [0.3, 0.4) is 0 Å². The van der Waals surface area contributed by atoms with E-state index in [9.17, 15) is 4.79 Å². The van der Waals surface area contributed by atoms with E-state index < -0.39 is 0 Å². The first-order valence-electron chi connectivity index (χ1n) is 7.09. The SMILES string of the molecule is CCc1ncn2c3c(C(C)Br)cc(C)cc3c(=O)n(C)c12. The molecule has 4 nitrogen and oxygen atoms in total. The summed E-state index contributed by atoms with van der Waals surface area (Å²) in [5.74, 6) is 0. The monoisotopic (exact) mass is 347 g/mol. The number of halogens is 1. The number of imidazole rings is 1. The van der Waals surface area contributed by atoms with Crippen molar-refractivity contribution in [2.45, 2.75) is 32.0 Å². The largest absolute Gasteiger partial charge is 0.295 e. The molecule has 0 aliphatic carbocycles. The third kappa shape index (κ3) is 2.02. The zero-order valence-corrected chi connectivity index (χ0v) is 14.2. The van der Waals surface area contributed by atoms with Crippen molar-refractivity contribution < 1.29 is 0 Å². The second-order valence-electron chi connectivity index (χ2n) is 5.47. The van der Waals surface area contributed by atoms with Crippen molar-refractivity contribution in [3.63, 3.8) is 0 Å². The van der Waals surface area contributed by atoms with Crippen LogP contribution in [0.4, 0.5) is 0 Å². The maximum absolute atomic E-state index is 12.7. The number of rotatable bonds is 2. The minimum absolute atomic E-state index is 0.0331. The van der Waals surface area contributed by atoms with Gasteiger partial charge in [-0.2, -0.15) is 0 Å². The number of benzene rings is 1. The van der Waals surface area contributed by atoms with Crippen molar-refractivity contribution in [2.24, 2.45) is 7.05 Å². The highest BCUT2D eigenvalue weighted by Crippen LogP contribution is 2.30. The Labute approximate surface area is 131 Å². The van der Waals surface area contributed by atoms with E-state index in [4.69, 9.17) is 0 Å². The van der Waals surface area contributed by atoms with Crippen LogP contribution in [0.2, 0.25) is 0 Å². The second-order valence-corrected chi connectivity index (χ2v) is 6.84. The Balaban J connectivity index is 2.66. The van der Waals surface area contributed by atoms with Crippen LogP contribution in [0.25, 0.3) is 16.6 Å². The van der Waals surface area contributed by atoms with Gasteiger partial charge in [-0.1, -0.05) is 28.9 Å². The van der Waals surface area contributed by atoms with E-state index in [-0.39, 0.29) is 10.4 Å². The van der Waals surface area contributed by atoms with Crippen molar-refractivity contribution in [3.8, 4) is 0 Å². The summed E-state index contributed by atoms with van der Waals surface area (Å²) in [4.78, 5) is 17.4. The Bertz CT molecular complexity index is 905. The minimum Gasteiger partial charge on any atom is -0.295 e. The number of hydrogen-bond donors (Lipinski definition) is 0. The summed E-state index contributed by atoms with van der Waals surface area (Å²) in [6.45, 7) is 6.16. The molecule has 0 aliphatic rings. The molecule has 0 bridgehead atoms. The number of nitrogens with zero attached hydrogens (tertiary/aromatic N) is 3. The van der Waals surface area contributed by atoms with Gasteiger partial charge >= 0.3 is 0 Å². The number of fused-ring (bicyclic) bond motifs is 3. The van der Waals surface area contributed by atoms with Crippen molar-refractivity contribution >= 4 is 32.5 Å². The molecule has 0 amide bonds. The van der Waals surface area contributed by atoms with Crippen LogP contribution in [0.15, 0.2) is 23.3 Å². The van der Waals surface area contributed by atoms with Gasteiger partial charge in [0.1, 0.15) is 12.0 Å². The first-order chi connectivity index (χ1) is 9.95. The summed E-state index contributed by atoms with van der Waals surface area (Å²) < 4.78 is 3.75. The average molecular weight is 348 g/mol. The van der Waals surface area contributed by atoms with Crippen LogP contribution < -0.4 is 5.56 Å². The molecule has 0 saturated carbocycles. The molecule has 0 fully saturated rings. The van der Waals surface area contributed by atoms with E-state index in [0.29, 0.717) is 0 Å². The molecule has 0 radical (unpaired) electrons. The molecule has 3 rings (SSSR count). The molecule has 2 heterocycles. The molecule has 0 saturated heterocycles. The summed E-state index contributed by atoms with van der Waals surface area (Å²) in [5, 5.41) is 0.742. The third-order valence-electron chi connectivity index (χ3n) is 3.96. The predicted molar refractivity (Wildman–Crippen MR) is 89.4 cm³/mol. The lowest BCUT2D eigenvalue weighted by molar-refractivity contribution is 0.869. The van der Waals surface area contributed by atoms with Gasteiger partial charge in [-0.05, 0) is 37.5 Å². The van der Waals surface area contributed by atoms with Gasteiger partial charge in [0, 0.05) is 11.9 Å². The Hall–Kier alpha value is -1.62. The highest BCUT2D eigenvalue weighted by Gasteiger charge is 2.17. The zero-order valence-electron chi connectivity index (χ0n) is 12.6. The quantitative estimate of drug-likeness (QED) is 0.665. The maximum atomic E-state index is 12.7. The molecule has 110 valence electrons. The van der Waals surface area contributed by atoms with E-state index in [1.165, 1.54) is 0 Å². The van der Waals surface area contributed by atoms with Crippen LogP contribution in [0.5, 0.6) is 0 Å². The number of aromatic nitrogens is 3. The molecule has 3 aromatic rings. The first kappa shape index (κ1) is 14.3. The fourth-order valence-electron chi connectivity index (χ4n) is 2.97. The highest BCUT2D eigenvalue weighted by molar-refractivity contribution is 9.09. The Kier molecular flexibility index (Phi) is 3.40. The Morgan fingerprint density at radius 2 is 2.10 bits per heavy atom. The number of aryl methyl sites for hydroxylation is 3. The maximum Gasteiger partial charge on any atom is 0.261 e. The van der Waals surface area contributed by atoms with Crippen molar-refractivity contribution in [2.75, 3.05) is 0 Å². The van der Waals surface area contributed by atoms with Gasteiger partial charge in [-0.15, -0.1) is 0 Å². The van der Waals surface area contributed by atoms with Gasteiger partial charge in [-0.25, -0.2) is 4.98 Å². The van der Waals surface area contributed by atoms with E-state index in [2.05, 4.69) is 40.8 Å². The normalized spacial score (nSPS) is 13.2. The average Bonchev–Trinajstić information content (AvgIpc) is 2.87. The third-order valence-corrected chi connectivity index (χ3v) is 4.45. The van der Waals surface area contributed by atoms with Gasteiger partial charge in [0.2, 0.25) is 0 Å². The van der Waals surface area contributed by atoms with E-state index in [0.717, 1.165) is 39.8 Å². The lowest BCUT2D eigenvalue weighted by Crippen LogP contribution is -2.21. The molecule has 0 spiro atoms. The number of hydrogen-bond acceptors (Lipinski definition) is 2. The summed E-state index contributed by atoms with van der Waals surface area (Å²) in [7, 11) is 1.82. The summed E-state index contributed by atoms with van der Waals surface area (Å²) in [6, 6.07) is 4.09. The van der Waals surface area contributed by atoms with Crippen molar-refractivity contribution in [1.29, 1.82) is 0 Å². The molecule has 1 unspecified atom stereocenters. The second kappa shape index (κ2) is 4.98. The van der Waals surface area contributed by atoms with Gasteiger partial charge in [0.25, 0.3) is 5.56 Å². The standard InChI is InChI=1S/C16H18BrN3O/c1-5-13-15-19(4)16(21)12-7-9(2)6-11(10(3)17)14(12)20(15)8-18-13/h6-8,10H,5H2,1-4H3. The molecule has 21 heavy (non-hydrogen) atoms. The Morgan fingerprint density at radius 3 is 2.71 bits per heavy atom. The van der Waals surface area contributed by atoms with Crippen LogP contribution in [-0.4, -0.2) is 14.0 Å². The fourth-order valence-corrected chi connectivity index (χ4v) is 3.31. The molecule has 0 aliphatic heterocycles. The van der Waals surface area contributed by atoms with Crippen LogP contribution in [0, 0.1) is 6.92 Å². The lowest BCUT2D eigenvalue weighted by atomic mass is 10.0. The van der Waals surface area contributed by atoms with E-state index in [1.807, 2.05) is 30.8 Å². The smallest absolute Gasteiger partial charge is 0.261 e. The summed E-state index contributed by atoms with van der Waals surface area (Å²) in [6.07, 6.45) is 2.63. The molecular weight excluding hydrogens is 330 g/mol. The minimum atomic E-state index is 0.0331. The van der Waals surface area contributed by atoms with Gasteiger partial charge in [0.05, 0.1) is 16.6 Å². The molecule has 1 aromatic carbocycles. The highest BCUT2D eigenvalue weighted by atomic mass is 79.9. The van der Waals surface area contributed by atoms with Crippen LogP contribution >= 0.6 is 15.9 Å². The number of alkyl halides is 1. The zero-order chi connectivity index (χ0) is 15.3. The van der Waals surface area contributed by atoms with E-state index >= 15 is 0 Å². The first-order valence-corrected chi connectivity index (χ1v) is 8.00. The fraction of sp³-hybridized carbons (Fsp3) is 0.375. The molecule has 1 atom stereocenters. The summed E-state index contributed by atoms with van der Waals surface area (Å²) in [5.41, 5.74) is 5.03. The van der Waals surface area contributed by atoms with Gasteiger partial charge < -0.3 is 0 Å². The Morgan fingerprint density at radius 1 is 1.38 bits per heavy atom. The lowest BCUT2D eigenvalue weighted by Gasteiger charge is -2.14. The molecular formula is C16H18BrN3O. The van der Waals surface area contributed by atoms with Crippen LogP contribution in [0.1, 0.15) is 35.5 Å². The van der Waals surface area contributed by atoms with Crippen molar-refractivity contribution in [1.82, 2.24) is 14.0 Å². The van der Waals surface area contributed by atoms with Gasteiger partial charge in [0.15, 0.2) is 0 Å². The predicted octanol–water partition coefficient (Wildman–Crippen LogP) is 3.51. The van der Waals surface area contributed by atoms with Crippen molar-refractivity contribution in [3.05, 3.63) is 45.6 Å². The topological polar surface area (TPSA) is 39.3 Å². The van der Waals surface area contributed by atoms with Crippen LogP contribution in [-0.2, 0) is 13.5 Å². The molecule has 5 heteroatoms.